The second kappa shape index (κ2) is 10.0. The third-order valence-electron chi connectivity index (χ3n) is 4.47. The Balaban J connectivity index is 1.71. The molecule has 29 heavy (non-hydrogen) atoms. The van der Waals surface area contributed by atoms with Crippen LogP contribution in [0, 0.1) is 6.92 Å². The molecule has 0 saturated carbocycles. The zero-order valence-corrected chi connectivity index (χ0v) is 17.6. The van der Waals surface area contributed by atoms with Gasteiger partial charge in [0.05, 0.1) is 18.0 Å². The highest BCUT2D eigenvalue weighted by atomic mass is 32.1. The number of rotatable bonds is 9. The number of pyridine rings is 1. The number of benzene rings is 1. The Labute approximate surface area is 175 Å². The maximum atomic E-state index is 12.1. The van der Waals surface area contributed by atoms with E-state index in [9.17, 15) is 4.79 Å². The van der Waals surface area contributed by atoms with Crippen LogP contribution in [0.5, 0.6) is 5.75 Å². The number of ether oxygens (including phenoxy) is 1. The van der Waals surface area contributed by atoms with Gasteiger partial charge in [0.2, 0.25) is 0 Å². The van der Waals surface area contributed by atoms with Gasteiger partial charge in [-0.2, -0.15) is 0 Å². The largest absolute Gasteiger partial charge is 0.494 e. The zero-order valence-electron chi connectivity index (χ0n) is 16.8. The topological polar surface area (TPSA) is 81.3 Å². The van der Waals surface area contributed by atoms with Gasteiger partial charge in [-0.1, -0.05) is 26.2 Å². The maximum Gasteiger partial charge on any atom is 0.325 e. The zero-order chi connectivity index (χ0) is 20.6. The van der Waals surface area contributed by atoms with Gasteiger partial charge in [0.25, 0.3) is 0 Å². The molecule has 6 nitrogen and oxygen atoms in total. The van der Waals surface area contributed by atoms with Crippen molar-refractivity contribution in [2.75, 3.05) is 11.5 Å². The predicted molar refractivity (Wildman–Crippen MR) is 118 cm³/mol. The molecule has 2 aromatic heterocycles. The number of anilines is 2. The highest BCUT2D eigenvalue weighted by Gasteiger charge is 2.19. The fraction of sp³-hybridized carbons (Fsp3) is 0.318. The van der Waals surface area contributed by atoms with Gasteiger partial charge in [-0.15, -0.1) is 11.3 Å². The number of primary amides is 1. The van der Waals surface area contributed by atoms with Gasteiger partial charge >= 0.3 is 6.03 Å². The van der Waals surface area contributed by atoms with Crippen molar-refractivity contribution in [1.29, 1.82) is 0 Å². The fourth-order valence-corrected chi connectivity index (χ4v) is 3.72. The van der Waals surface area contributed by atoms with Crippen molar-refractivity contribution in [3.8, 4) is 17.0 Å². The number of aromatic nitrogens is 2. The second-order valence-electron chi connectivity index (χ2n) is 6.78. The van der Waals surface area contributed by atoms with E-state index in [1.807, 2.05) is 48.7 Å². The van der Waals surface area contributed by atoms with Crippen LogP contribution in [0.3, 0.4) is 0 Å². The van der Waals surface area contributed by atoms with E-state index in [1.165, 1.54) is 35.5 Å². The summed E-state index contributed by atoms with van der Waals surface area (Å²) in [6.45, 7) is 4.82. The lowest BCUT2D eigenvalue weighted by atomic mass is 10.2. The van der Waals surface area contributed by atoms with E-state index in [-0.39, 0.29) is 0 Å². The molecule has 2 N–H and O–H groups in total. The van der Waals surface area contributed by atoms with Crippen molar-refractivity contribution in [2.45, 2.75) is 39.5 Å². The summed E-state index contributed by atoms with van der Waals surface area (Å²) in [6.07, 6.45) is 6.42. The molecule has 0 saturated heterocycles. The minimum Gasteiger partial charge on any atom is -0.494 e. The number of urea groups is 1. The average molecular weight is 411 g/mol. The monoisotopic (exact) mass is 410 g/mol. The Morgan fingerprint density at radius 2 is 1.93 bits per heavy atom. The van der Waals surface area contributed by atoms with Crippen LogP contribution in [-0.4, -0.2) is 22.6 Å². The number of nitrogens with two attached hydrogens (primary N) is 1. The van der Waals surface area contributed by atoms with Gasteiger partial charge in [-0.3, -0.25) is 4.98 Å². The van der Waals surface area contributed by atoms with Crippen molar-refractivity contribution >= 4 is 28.2 Å². The molecule has 2 heterocycles. The first kappa shape index (κ1) is 20.8. The number of amides is 2. The smallest absolute Gasteiger partial charge is 0.325 e. The van der Waals surface area contributed by atoms with Crippen molar-refractivity contribution in [1.82, 2.24) is 9.97 Å². The summed E-state index contributed by atoms with van der Waals surface area (Å²) >= 11 is 1.36. The van der Waals surface area contributed by atoms with Crippen LogP contribution >= 0.6 is 11.3 Å². The Morgan fingerprint density at radius 1 is 1.14 bits per heavy atom. The molecular weight excluding hydrogens is 384 g/mol. The van der Waals surface area contributed by atoms with Crippen LogP contribution < -0.4 is 15.4 Å². The number of aryl methyl sites for hydroxylation is 1. The number of thiazole rings is 1. The van der Waals surface area contributed by atoms with Gasteiger partial charge in [0, 0.05) is 22.8 Å². The van der Waals surface area contributed by atoms with Crippen LogP contribution in [0.2, 0.25) is 0 Å². The lowest BCUT2D eigenvalue weighted by Crippen LogP contribution is -2.31. The number of carbonyl (C=O) groups is 1. The van der Waals surface area contributed by atoms with Crippen molar-refractivity contribution < 1.29 is 9.53 Å². The first-order chi connectivity index (χ1) is 14.1. The summed E-state index contributed by atoms with van der Waals surface area (Å²) in [5, 5.41) is 2.41. The summed E-state index contributed by atoms with van der Waals surface area (Å²) in [5.74, 6) is 0.778. The molecule has 3 aromatic rings. The lowest BCUT2D eigenvalue weighted by Gasteiger charge is -2.17. The third kappa shape index (κ3) is 5.54. The molecular formula is C22H26N4O2S. The molecule has 0 bridgehead atoms. The molecule has 152 valence electrons. The molecule has 3 rings (SSSR count). The number of nitrogens with zero attached hydrogens (tertiary/aromatic N) is 3. The third-order valence-corrected chi connectivity index (χ3v) is 5.30. The predicted octanol–water partition coefficient (Wildman–Crippen LogP) is 5.69. The minimum atomic E-state index is -0.582. The molecule has 0 radical (unpaired) electrons. The number of hydrogen-bond donors (Lipinski definition) is 1. The molecule has 1 aromatic carbocycles. The van der Waals surface area contributed by atoms with E-state index in [0.29, 0.717) is 17.4 Å². The van der Waals surface area contributed by atoms with Crippen molar-refractivity contribution in [3.63, 3.8) is 0 Å². The lowest BCUT2D eigenvalue weighted by molar-refractivity contribution is 0.256. The molecule has 0 aliphatic carbocycles. The Kier molecular flexibility index (Phi) is 7.19. The highest BCUT2D eigenvalue weighted by Crippen LogP contribution is 2.32. The van der Waals surface area contributed by atoms with Gasteiger partial charge in [-0.25, -0.2) is 14.7 Å². The quantitative estimate of drug-likeness (QED) is 0.460. The second-order valence-corrected chi connectivity index (χ2v) is 7.62. The molecule has 7 heteroatoms. The van der Waals surface area contributed by atoms with Crippen LogP contribution in [0.4, 0.5) is 15.6 Å². The molecule has 0 spiro atoms. The summed E-state index contributed by atoms with van der Waals surface area (Å²) < 4.78 is 5.77. The van der Waals surface area contributed by atoms with Gasteiger partial charge in [0.15, 0.2) is 5.13 Å². The summed E-state index contributed by atoms with van der Waals surface area (Å²) in [5.41, 5.74) is 8.89. The van der Waals surface area contributed by atoms with Gasteiger partial charge < -0.3 is 10.5 Å². The summed E-state index contributed by atoms with van der Waals surface area (Å²) in [4.78, 5) is 22.4. The first-order valence-corrected chi connectivity index (χ1v) is 10.7. The maximum absolute atomic E-state index is 12.1. The molecule has 0 unspecified atom stereocenters. The Bertz CT molecular complexity index is 923. The van der Waals surface area contributed by atoms with Crippen LogP contribution in [0.25, 0.3) is 11.3 Å². The molecule has 2 amide bonds. The Hall–Kier alpha value is -2.93. The van der Waals surface area contributed by atoms with E-state index in [0.717, 1.165) is 29.1 Å². The minimum absolute atomic E-state index is 0.515. The van der Waals surface area contributed by atoms with Gasteiger partial charge in [-0.05, 0) is 49.7 Å². The molecule has 0 atom stereocenters. The average Bonchev–Trinajstić information content (AvgIpc) is 3.19. The normalized spacial score (nSPS) is 10.7. The fourth-order valence-electron chi connectivity index (χ4n) is 2.86. The Morgan fingerprint density at radius 3 is 2.59 bits per heavy atom. The van der Waals surface area contributed by atoms with Crippen LogP contribution in [0.15, 0.2) is 48.0 Å². The van der Waals surface area contributed by atoms with E-state index < -0.39 is 6.03 Å². The number of carbonyl (C=O) groups excluding carboxylic acids is 1. The molecule has 0 aliphatic heterocycles. The first-order valence-electron chi connectivity index (χ1n) is 9.79. The molecule has 0 aliphatic rings. The van der Waals surface area contributed by atoms with E-state index >= 15 is 0 Å². The van der Waals surface area contributed by atoms with Crippen LogP contribution in [-0.2, 0) is 0 Å². The SMILES string of the molecule is CCCCCCOc1ccc(N(C(N)=O)c2nc(-c3ccc(C)nc3)cs2)cc1. The number of hydrogen-bond acceptors (Lipinski definition) is 5. The van der Waals surface area contributed by atoms with Crippen LogP contribution in [0.1, 0.15) is 38.3 Å². The van der Waals surface area contributed by atoms with Crippen molar-refractivity contribution in [2.24, 2.45) is 5.73 Å². The molecule has 0 fully saturated rings. The van der Waals surface area contributed by atoms with E-state index in [1.54, 1.807) is 6.20 Å². The summed E-state index contributed by atoms with van der Waals surface area (Å²) in [7, 11) is 0. The number of unbranched alkanes of at least 4 members (excludes halogenated alkanes) is 3. The highest BCUT2D eigenvalue weighted by molar-refractivity contribution is 7.14. The van der Waals surface area contributed by atoms with Crippen molar-refractivity contribution in [3.05, 3.63) is 53.7 Å². The van der Waals surface area contributed by atoms with E-state index in [4.69, 9.17) is 10.5 Å². The van der Waals surface area contributed by atoms with Gasteiger partial charge in [0.1, 0.15) is 5.75 Å². The summed E-state index contributed by atoms with van der Waals surface area (Å²) in [6, 6.07) is 10.7. The standard InChI is InChI=1S/C22H26N4O2S/c1-3-4-5-6-13-28-19-11-9-18(10-12-19)26(21(23)27)22-25-20(15-29-22)17-8-7-16(2)24-14-17/h7-12,14-15H,3-6,13H2,1-2H3,(H2,23,27). The van der Waals surface area contributed by atoms with E-state index in [2.05, 4.69) is 16.9 Å².